The minimum atomic E-state index is -3.16. The van der Waals surface area contributed by atoms with Crippen molar-refractivity contribution in [2.45, 2.75) is 32.3 Å². The summed E-state index contributed by atoms with van der Waals surface area (Å²) in [5.41, 5.74) is 1.68. The molecule has 2 aliphatic heterocycles. The second-order valence-corrected chi connectivity index (χ2v) is 10.2. The van der Waals surface area contributed by atoms with Crippen LogP contribution in [0.1, 0.15) is 35.6 Å². The third-order valence-electron chi connectivity index (χ3n) is 6.65. The summed E-state index contributed by atoms with van der Waals surface area (Å²) < 4.78 is 32.9. The first-order valence-corrected chi connectivity index (χ1v) is 12.4. The van der Waals surface area contributed by atoms with E-state index < -0.39 is 23.1 Å². The Morgan fingerprint density at radius 3 is 2.45 bits per heavy atom. The number of hydrogen-bond donors (Lipinski definition) is 2. The van der Waals surface area contributed by atoms with Gasteiger partial charge in [-0.25, -0.2) is 4.98 Å². The average Bonchev–Trinajstić information content (AvgIpc) is 2.88. The summed E-state index contributed by atoms with van der Waals surface area (Å²) >= 11 is 0. The van der Waals surface area contributed by atoms with Crippen LogP contribution in [0.25, 0.3) is 11.1 Å². The zero-order valence-corrected chi connectivity index (χ0v) is 21.5. The van der Waals surface area contributed by atoms with Gasteiger partial charge in [-0.05, 0) is 49.7 Å². The number of nitrogens with zero attached hydrogens (tertiary/aromatic N) is 5. The molecule has 2 saturated heterocycles. The number of morpholine rings is 1. The largest absolute Gasteiger partial charge is 0.386 e. The fraction of sp³-hybridized carbons (Fsp3) is 0.407. The van der Waals surface area contributed by atoms with E-state index in [1.54, 1.807) is 6.92 Å². The van der Waals surface area contributed by atoms with Crippen molar-refractivity contribution in [1.82, 2.24) is 15.0 Å². The lowest BCUT2D eigenvalue weighted by atomic mass is 9.96. The predicted octanol–water partition coefficient (Wildman–Crippen LogP) is 3.62. The molecule has 0 saturated carbocycles. The van der Waals surface area contributed by atoms with Gasteiger partial charge in [0.25, 0.3) is 11.8 Å². The van der Waals surface area contributed by atoms with E-state index in [2.05, 4.69) is 20.2 Å². The number of alkyl halides is 2. The third kappa shape index (κ3) is 5.58. The van der Waals surface area contributed by atoms with Crippen LogP contribution in [0.15, 0.2) is 42.7 Å². The van der Waals surface area contributed by atoms with Gasteiger partial charge in [0, 0.05) is 56.1 Å². The molecule has 200 valence electrons. The standard InChI is InChI=1S/C27H30F2N6O3/c1-17-21(13-20(14-31-17)32-25(36)18-4-5-30-22(10-18)27(3,28)29)19-11-23(34-6-8-38-9-7-34)33-24(12-19)35-15-26(2,37)16-35/h4-5,10-14,37H,6-9,15-16H2,1-3H3,(H,32,36). The molecule has 11 heteroatoms. The Morgan fingerprint density at radius 2 is 1.79 bits per heavy atom. The van der Waals surface area contributed by atoms with E-state index in [-0.39, 0.29) is 5.56 Å². The first-order chi connectivity index (χ1) is 18.0. The summed E-state index contributed by atoms with van der Waals surface area (Å²) in [5.74, 6) is -2.15. The van der Waals surface area contributed by atoms with Gasteiger partial charge >= 0.3 is 0 Å². The van der Waals surface area contributed by atoms with E-state index >= 15 is 0 Å². The normalized spacial score (nSPS) is 17.2. The quantitative estimate of drug-likeness (QED) is 0.504. The Morgan fingerprint density at radius 1 is 1.11 bits per heavy atom. The lowest BCUT2D eigenvalue weighted by molar-refractivity contribution is 0.0127. The van der Waals surface area contributed by atoms with Crippen LogP contribution in [-0.2, 0) is 10.7 Å². The van der Waals surface area contributed by atoms with Crippen LogP contribution < -0.4 is 15.1 Å². The summed E-state index contributed by atoms with van der Waals surface area (Å²) in [7, 11) is 0. The number of β-amino-alcohol motifs (C(OH)–C–C–N with tert-alkyl or cyclic N) is 1. The number of anilines is 3. The number of halogens is 2. The summed E-state index contributed by atoms with van der Waals surface area (Å²) in [4.78, 5) is 30.1. The fourth-order valence-electron chi connectivity index (χ4n) is 4.62. The van der Waals surface area contributed by atoms with Gasteiger partial charge in [0.05, 0.1) is 30.7 Å². The number of hydrogen-bond acceptors (Lipinski definition) is 8. The van der Waals surface area contributed by atoms with Gasteiger partial charge in [-0.15, -0.1) is 0 Å². The van der Waals surface area contributed by atoms with Gasteiger partial charge in [-0.3, -0.25) is 14.8 Å². The van der Waals surface area contributed by atoms with Crippen LogP contribution in [0.2, 0.25) is 0 Å². The van der Waals surface area contributed by atoms with Crippen LogP contribution in [-0.4, -0.2) is 71.0 Å². The van der Waals surface area contributed by atoms with Crippen molar-refractivity contribution >= 4 is 23.2 Å². The zero-order chi connectivity index (χ0) is 27.1. The first kappa shape index (κ1) is 25.9. The monoisotopic (exact) mass is 524 g/mol. The highest BCUT2D eigenvalue weighted by molar-refractivity contribution is 6.04. The molecule has 38 heavy (non-hydrogen) atoms. The molecule has 2 N–H and O–H groups in total. The molecular weight excluding hydrogens is 494 g/mol. The molecule has 5 rings (SSSR count). The molecule has 0 atom stereocenters. The lowest BCUT2D eigenvalue weighted by Crippen LogP contribution is -2.60. The molecule has 0 radical (unpaired) electrons. The molecule has 0 aliphatic carbocycles. The number of aliphatic hydroxyl groups is 1. The third-order valence-corrected chi connectivity index (χ3v) is 6.65. The van der Waals surface area contributed by atoms with Crippen molar-refractivity contribution in [3.8, 4) is 11.1 Å². The van der Waals surface area contributed by atoms with E-state index in [0.29, 0.717) is 45.1 Å². The van der Waals surface area contributed by atoms with Gasteiger partial charge in [0.15, 0.2) is 0 Å². The number of pyridine rings is 3. The molecule has 0 bridgehead atoms. The van der Waals surface area contributed by atoms with Crippen LogP contribution in [0, 0.1) is 6.92 Å². The van der Waals surface area contributed by atoms with Crippen molar-refractivity contribution in [2.75, 3.05) is 54.5 Å². The van der Waals surface area contributed by atoms with Crippen molar-refractivity contribution in [2.24, 2.45) is 0 Å². The predicted molar refractivity (Wildman–Crippen MR) is 140 cm³/mol. The Labute approximate surface area is 219 Å². The minimum absolute atomic E-state index is 0.0734. The summed E-state index contributed by atoms with van der Waals surface area (Å²) in [6, 6.07) is 8.22. The van der Waals surface area contributed by atoms with E-state index in [0.717, 1.165) is 41.4 Å². The molecule has 3 aromatic heterocycles. The average molecular weight is 525 g/mol. The molecule has 2 aliphatic rings. The number of amides is 1. The van der Waals surface area contributed by atoms with E-state index in [9.17, 15) is 18.7 Å². The minimum Gasteiger partial charge on any atom is -0.386 e. The highest BCUT2D eigenvalue weighted by Crippen LogP contribution is 2.34. The van der Waals surface area contributed by atoms with E-state index in [1.165, 1.54) is 18.5 Å². The van der Waals surface area contributed by atoms with Gasteiger partial charge < -0.3 is 25.0 Å². The molecule has 5 heterocycles. The lowest BCUT2D eigenvalue weighted by Gasteiger charge is -2.45. The number of carbonyl (C=O) groups is 1. The highest BCUT2D eigenvalue weighted by Gasteiger charge is 2.37. The van der Waals surface area contributed by atoms with Crippen LogP contribution in [0.3, 0.4) is 0 Å². The van der Waals surface area contributed by atoms with E-state index in [4.69, 9.17) is 9.72 Å². The number of rotatable bonds is 6. The number of carbonyl (C=O) groups excluding carboxylic acids is 1. The molecule has 2 fully saturated rings. The maximum Gasteiger partial charge on any atom is 0.286 e. The van der Waals surface area contributed by atoms with Crippen LogP contribution in [0.5, 0.6) is 0 Å². The van der Waals surface area contributed by atoms with Crippen molar-refractivity contribution in [3.05, 3.63) is 59.7 Å². The van der Waals surface area contributed by atoms with Crippen LogP contribution >= 0.6 is 0 Å². The topological polar surface area (TPSA) is 104 Å². The van der Waals surface area contributed by atoms with Crippen LogP contribution in [0.4, 0.5) is 26.1 Å². The van der Waals surface area contributed by atoms with Gasteiger partial charge in [0.1, 0.15) is 17.3 Å². The van der Waals surface area contributed by atoms with Gasteiger partial charge in [-0.2, -0.15) is 8.78 Å². The molecule has 3 aromatic rings. The molecule has 0 spiro atoms. The molecule has 1 amide bonds. The van der Waals surface area contributed by atoms with E-state index in [1.807, 2.05) is 30.0 Å². The van der Waals surface area contributed by atoms with Gasteiger partial charge in [-0.1, -0.05) is 0 Å². The SMILES string of the molecule is Cc1ncc(NC(=O)c2ccnc(C(C)(F)F)c2)cc1-c1cc(N2CCOCC2)nc(N2CC(C)(O)C2)c1. The molecule has 0 aromatic carbocycles. The molecule has 0 unspecified atom stereocenters. The maximum atomic E-state index is 13.7. The summed E-state index contributed by atoms with van der Waals surface area (Å²) in [6.07, 6.45) is 2.73. The van der Waals surface area contributed by atoms with Crippen molar-refractivity contribution in [1.29, 1.82) is 0 Å². The summed E-state index contributed by atoms with van der Waals surface area (Å²) in [6.45, 7) is 8.02. The Balaban J connectivity index is 1.46. The second-order valence-electron chi connectivity index (χ2n) is 10.2. The molecular formula is C27H30F2N6O3. The second kappa shape index (κ2) is 9.88. The van der Waals surface area contributed by atoms with Gasteiger partial charge in [0.2, 0.25) is 0 Å². The number of aryl methyl sites for hydroxylation is 1. The highest BCUT2D eigenvalue weighted by atomic mass is 19.3. The van der Waals surface area contributed by atoms with Crippen molar-refractivity contribution < 1.29 is 23.4 Å². The van der Waals surface area contributed by atoms with Crippen molar-refractivity contribution in [3.63, 3.8) is 0 Å². The Kier molecular flexibility index (Phi) is 6.74. The Hall–Kier alpha value is -3.70. The smallest absolute Gasteiger partial charge is 0.286 e. The fourth-order valence-corrected chi connectivity index (χ4v) is 4.62. The number of ether oxygens (including phenoxy) is 1. The molecule has 9 nitrogen and oxygen atoms in total. The first-order valence-electron chi connectivity index (χ1n) is 12.4. The maximum absolute atomic E-state index is 13.7. The number of aromatic nitrogens is 3. The zero-order valence-electron chi connectivity index (χ0n) is 21.5. The number of nitrogens with one attached hydrogen (secondary N) is 1. The Bertz CT molecular complexity index is 1350. The summed E-state index contributed by atoms with van der Waals surface area (Å²) in [5, 5.41) is 13.0.